The SMILES string of the molecule is CS(=O)(=O)NC1CCCN(C(=O)c2cc(Cl)ccc2N)C1. The first-order valence-corrected chi connectivity index (χ1v) is 8.85. The van der Waals surface area contributed by atoms with Crippen molar-refractivity contribution in [3.05, 3.63) is 28.8 Å². The van der Waals surface area contributed by atoms with Crippen LogP contribution in [0.5, 0.6) is 0 Å². The maximum absolute atomic E-state index is 12.5. The highest BCUT2D eigenvalue weighted by atomic mass is 35.5. The number of halogens is 1. The van der Waals surface area contributed by atoms with Gasteiger partial charge in [-0.3, -0.25) is 4.79 Å². The van der Waals surface area contributed by atoms with Gasteiger partial charge in [-0.15, -0.1) is 0 Å². The van der Waals surface area contributed by atoms with Gasteiger partial charge >= 0.3 is 0 Å². The van der Waals surface area contributed by atoms with E-state index in [-0.39, 0.29) is 11.9 Å². The fourth-order valence-electron chi connectivity index (χ4n) is 2.44. The van der Waals surface area contributed by atoms with E-state index in [1.54, 1.807) is 17.0 Å². The van der Waals surface area contributed by atoms with Gasteiger partial charge in [-0.25, -0.2) is 13.1 Å². The van der Waals surface area contributed by atoms with Crippen molar-refractivity contribution < 1.29 is 13.2 Å². The summed E-state index contributed by atoms with van der Waals surface area (Å²) >= 11 is 5.90. The Kier molecular flexibility index (Phi) is 4.75. The number of nitrogens with one attached hydrogen (secondary N) is 1. The summed E-state index contributed by atoms with van der Waals surface area (Å²) in [4.78, 5) is 14.1. The second-order valence-electron chi connectivity index (χ2n) is 5.21. The Morgan fingerprint density at radius 1 is 1.48 bits per heavy atom. The van der Waals surface area contributed by atoms with Crippen molar-refractivity contribution >= 4 is 33.2 Å². The molecule has 0 radical (unpaired) electrons. The molecule has 6 nitrogen and oxygen atoms in total. The summed E-state index contributed by atoms with van der Waals surface area (Å²) in [5.41, 5.74) is 6.53. The lowest BCUT2D eigenvalue weighted by atomic mass is 10.0. The number of amides is 1. The van der Waals surface area contributed by atoms with E-state index >= 15 is 0 Å². The molecule has 21 heavy (non-hydrogen) atoms. The minimum absolute atomic E-state index is 0.227. The average Bonchev–Trinajstić information content (AvgIpc) is 2.39. The quantitative estimate of drug-likeness (QED) is 0.810. The van der Waals surface area contributed by atoms with Gasteiger partial charge in [0.2, 0.25) is 10.0 Å². The molecule has 1 aliphatic rings. The average molecular weight is 332 g/mol. The molecular formula is C13H18ClN3O3S. The van der Waals surface area contributed by atoms with Crippen LogP contribution >= 0.6 is 11.6 Å². The van der Waals surface area contributed by atoms with E-state index in [9.17, 15) is 13.2 Å². The predicted molar refractivity (Wildman–Crippen MR) is 82.8 cm³/mol. The van der Waals surface area contributed by atoms with E-state index in [0.29, 0.717) is 35.8 Å². The van der Waals surface area contributed by atoms with Crippen molar-refractivity contribution in [3.8, 4) is 0 Å². The summed E-state index contributed by atoms with van der Waals surface area (Å²) in [5.74, 6) is -0.227. The van der Waals surface area contributed by atoms with E-state index in [1.165, 1.54) is 6.07 Å². The molecule has 1 aliphatic heterocycles. The third-order valence-electron chi connectivity index (χ3n) is 3.34. The van der Waals surface area contributed by atoms with Crippen LogP contribution in [0, 0.1) is 0 Å². The summed E-state index contributed by atoms with van der Waals surface area (Å²) in [5, 5.41) is 0.440. The summed E-state index contributed by atoms with van der Waals surface area (Å²) in [6, 6.07) is 4.48. The molecule has 1 aromatic rings. The van der Waals surface area contributed by atoms with Gasteiger partial charge in [0.1, 0.15) is 0 Å². The number of likely N-dealkylation sites (tertiary alicyclic amines) is 1. The number of hydrogen-bond donors (Lipinski definition) is 2. The Hall–Kier alpha value is -1.31. The normalized spacial score (nSPS) is 19.5. The lowest BCUT2D eigenvalue weighted by Gasteiger charge is -2.33. The third kappa shape index (κ3) is 4.33. The number of anilines is 1. The highest BCUT2D eigenvalue weighted by molar-refractivity contribution is 7.88. The van der Waals surface area contributed by atoms with Gasteiger partial charge in [0.25, 0.3) is 5.91 Å². The Morgan fingerprint density at radius 3 is 2.86 bits per heavy atom. The maximum atomic E-state index is 12.5. The monoisotopic (exact) mass is 331 g/mol. The second-order valence-corrected chi connectivity index (χ2v) is 7.43. The topological polar surface area (TPSA) is 92.5 Å². The summed E-state index contributed by atoms with van der Waals surface area (Å²) in [6.07, 6.45) is 2.56. The van der Waals surface area contributed by atoms with E-state index in [2.05, 4.69) is 4.72 Å². The smallest absolute Gasteiger partial charge is 0.256 e. The van der Waals surface area contributed by atoms with Gasteiger partial charge in [0.15, 0.2) is 0 Å². The first kappa shape index (κ1) is 16.1. The number of hydrogen-bond acceptors (Lipinski definition) is 4. The van der Waals surface area contributed by atoms with E-state index in [4.69, 9.17) is 17.3 Å². The van der Waals surface area contributed by atoms with Gasteiger partial charge in [0.05, 0.1) is 11.8 Å². The molecule has 0 bridgehead atoms. The number of carbonyl (C=O) groups excluding carboxylic acids is 1. The highest BCUT2D eigenvalue weighted by Crippen LogP contribution is 2.21. The lowest BCUT2D eigenvalue weighted by Crippen LogP contribution is -2.49. The van der Waals surface area contributed by atoms with Crippen molar-refractivity contribution in [1.82, 2.24) is 9.62 Å². The zero-order valence-corrected chi connectivity index (χ0v) is 13.2. The fraction of sp³-hybridized carbons (Fsp3) is 0.462. The zero-order chi connectivity index (χ0) is 15.6. The highest BCUT2D eigenvalue weighted by Gasteiger charge is 2.27. The number of sulfonamides is 1. The van der Waals surface area contributed by atoms with Crippen molar-refractivity contribution in [2.24, 2.45) is 0 Å². The van der Waals surface area contributed by atoms with Gasteiger partial charge in [-0.05, 0) is 31.0 Å². The molecule has 8 heteroatoms. The number of benzene rings is 1. The molecular weight excluding hydrogens is 314 g/mol. The maximum Gasteiger partial charge on any atom is 0.256 e. The first-order chi connectivity index (χ1) is 9.76. The summed E-state index contributed by atoms with van der Waals surface area (Å²) < 4.78 is 25.1. The van der Waals surface area contributed by atoms with Crippen molar-refractivity contribution in [2.75, 3.05) is 25.1 Å². The van der Waals surface area contributed by atoms with Crippen molar-refractivity contribution in [1.29, 1.82) is 0 Å². The van der Waals surface area contributed by atoms with Crippen LogP contribution in [0.3, 0.4) is 0 Å². The Labute approximate surface area is 129 Å². The Bertz CT molecular complexity index is 648. The molecule has 1 aromatic carbocycles. The lowest BCUT2D eigenvalue weighted by molar-refractivity contribution is 0.0704. The molecule has 0 spiro atoms. The number of rotatable bonds is 3. The minimum Gasteiger partial charge on any atom is -0.398 e. The van der Waals surface area contributed by atoms with Crippen LogP contribution in [0.4, 0.5) is 5.69 Å². The minimum atomic E-state index is -3.29. The fourth-order valence-corrected chi connectivity index (χ4v) is 3.41. The van der Waals surface area contributed by atoms with Crippen LogP contribution in [0.15, 0.2) is 18.2 Å². The van der Waals surface area contributed by atoms with Crippen molar-refractivity contribution in [3.63, 3.8) is 0 Å². The molecule has 1 heterocycles. The molecule has 1 unspecified atom stereocenters. The van der Waals surface area contributed by atoms with Gasteiger partial charge in [-0.1, -0.05) is 11.6 Å². The third-order valence-corrected chi connectivity index (χ3v) is 4.33. The number of nitrogens with two attached hydrogens (primary N) is 1. The Balaban J connectivity index is 2.14. The van der Waals surface area contributed by atoms with Gasteiger partial charge < -0.3 is 10.6 Å². The molecule has 1 amide bonds. The molecule has 1 saturated heterocycles. The van der Waals surface area contributed by atoms with E-state index < -0.39 is 10.0 Å². The standard InChI is InChI=1S/C13H18ClN3O3S/c1-21(19,20)16-10-3-2-6-17(8-10)13(18)11-7-9(14)4-5-12(11)15/h4-5,7,10,16H,2-3,6,8,15H2,1H3. The van der Waals surface area contributed by atoms with Crippen LogP contribution in [0.25, 0.3) is 0 Å². The number of piperidine rings is 1. The molecule has 0 aromatic heterocycles. The zero-order valence-electron chi connectivity index (χ0n) is 11.7. The number of nitrogens with zero attached hydrogens (tertiary/aromatic N) is 1. The van der Waals surface area contributed by atoms with Crippen molar-refractivity contribution in [2.45, 2.75) is 18.9 Å². The number of nitrogen functional groups attached to an aromatic ring is 1. The molecule has 0 aliphatic carbocycles. The van der Waals surface area contributed by atoms with Crippen LogP contribution in [-0.2, 0) is 10.0 Å². The molecule has 3 N–H and O–H groups in total. The van der Waals surface area contributed by atoms with Crippen LogP contribution in [0.2, 0.25) is 5.02 Å². The number of carbonyl (C=O) groups is 1. The van der Waals surface area contributed by atoms with Crippen LogP contribution in [-0.4, -0.2) is 44.6 Å². The summed E-state index contributed by atoms with van der Waals surface area (Å²) in [6.45, 7) is 0.907. The van der Waals surface area contributed by atoms with Gasteiger partial charge in [0, 0.05) is 29.8 Å². The Morgan fingerprint density at radius 2 is 2.19 bits per heavy atom. The van der Waals surface area contributed by atoms with E-state index in [0.717, 1.165) is 12.7 Å². The first-order valence-electron chi connectivity index (χ1n) is 6.58. The predicted octanol–water partition coefficient (Wildman–Crippen LogP) is 1.08. The van der Waals surface area contributed by atoms with Crippen LogP contribution in [0.1, 0.15) is 23.2 Å². The summed E-state index contributed by atoms with van der Waals surface area (Å²) in [7, 11) is -3.29. The molecule has 116 valence electrons. The van der Waals surface area contributed by atoms with Gasteiger partial charge in [-0.2, -0.15) is 0 Å². The molecule has 1 fully saturated rings. The van der Waals surface area contributed by atoms with E-state index in [1.807, 2.05) is 0 Å². The molecule has 1 atom stereocenters. The molecule has 0 saturated carbocycles. The van der Waals surface area contributed by atoms with Crippen LogP contribution < -0.4 is 10.5 Å². The largest absolute Gasteiger partial charge is 0.398 e. The second kappa shape index (κ2) is 6.21. The molecule has 2 rings (SSSR count).